The molecule has 34 N–H and O–H groups in total. The monoisotopic (exact) mass is 1660 g/mol. The summed E-state index contributed by atoms with van der Waals surface area (Å²) in [6.07, 6.45) is -2.05. The summed E-state index contributed by atoms with van der Waals surface area (Å²) in [5.41, 5.74) is 34.3. The van der Waals surface area contributed by atoms with Gasteiger partial charge in [0.05, 0.1) is 24.5 Å². The van der Waals surface area contributed by atoms with E-state index >= 15 is 0 Å². The third-order valence-electron chi connectivity index (χ3n) is 17.9. The van der Waals surface area contributed by atoms with Crippen LogP contribution in [0.5, 0.6) is 11.5 Å². The molecule has 15 amide bonds. The first-order chi connectivity index (χ1) is 55.4. The number of amides is 15. The van der Waals surface area contributed by atoms with Crippen LogP contribution in [-0.4, -0.2) is 230 Å². The number of aromatic amines is 1. The van der Waals surface area contributed by atoms with Crippen LogP contribution < -0.4 is 114 Å². The van der Waals surface area contributed by atoms with Crippen molar-refractivity contribution in [2.24, 2.45) is 52.2 Å². The molecule has 652 valence electrons. The van der Waals surface area contributed by atoms with E-state index in [2.05, 4.69) is 89.7 Å². The molecule has 1 heterocycles. The second kappa shape index (κ2) is 50.4. The summed E-state index contributed by atoms with van der Waals surface area (Å²) < 4.78 is 0. The zero-order chi connectivity index (χ0) is 88.6. The molecule has 3 aromatic rings. The lowest BCUT2D eigenvalue weighted by atomic mass is 9.98. The van der Waals surface area contributed by atoms with Crippen LogP contribution in [0.3, 0.4) is 0 Å². The van der Waals surface area contributed by atoms with Crippen LogP contribution in [0.1, 0.15) is 143 Å². The number of aromatic nitrogens is 2. The molecule has 0 fully saturated rings. The van der Waals surface area contributed by atoms with Gasteiger partial charge in [0, 0.05) is 58.4 Å². The minimum absolute atomic E-state index is 0.0209. The fraction of sp³-hybridized carbons (Fsp3) is 0.554. The maximum Gasteiger partial charge on any atom is 0.245 e. The normalized spacial score (nSPS) is 14.4. The van der Waals surface area contributed by atoms with E-state index in [-0.39, 0.29) is 114 Å². The summed E-state index contributed by atoms with van der Waals surface area (Å²) in [5.74, 6) is -18.0. The van der Waals surface area contributed by atoms with E-state index in [9.17, 15) is 87.2 Å². The Kier molecular flexibility index (Phi) is 42.4. The number of phenols is 2. The molecule has 0 unspecified atom stereocenters. The highest BCUT2D eigenvalue weighted by Gasteiger charge is 2.39. The van der Waals surface area contributed by atoms with Crippen LogP contribution in [0.4, 0.5) is 0 Å². The van der Waals surface area contributed by atoms with Gasteiger partial charge in [0.25, 0.3) is 0 Å². The lowest BCUT2D eigenvalue weighted by Gasteiger charge is -2.30. The van der Waals surface area contributed by atoms with Crippen molar-refractivity contribution in [2.75, 3.05) is 19.6 Å². The number of phenolic OH excluding ortho intramolecular Hbond substituents is 2. The molecular formula is C74H118N26O18. The quantitative estimate of drug-likeness (QED) is 0.0142. The number of carbonyl (C=O) groups is 15. The molecule has 0 saturated heterocycles. The topological polar surface area (TPSA) is 754 Å². The van der Waals surface area contributed by atoms with Crippen molar-refractivity contribution in [3.8, 4) is 11.5 Å². The number of aliphatic hydroxyl groups excluding tert-OH is 1. The number of benzene rings is 2. The number of H-pyrrole nitrogens is 1. The molecule has 0 saturated carbocycles. The maximum atomic E-state index is 14.8. The highest BCUT2D eigenvalue weighted by atomic mass is 16.3. The largest absolute Gasteiger partial charge is 0.508 e. The molecule has 44 nitrogen and oxygen atoms in total. The Morgan fingerprint density at radius 1 is 0.398 bits per heavy atom. The molecule has 0 spiro atoms. The Morgan fingerprint density at radius 3 is 1.10 bits per heavy atom. The number of guanidine groups is 3. The summed E-state index contributed by atoms with van der Waals surface area (Å²) in [7, 11) is 0. The van der Waals surface area contributed by atoms with Crippen molar-refractivity contribution in [1.29, 1.82) is 16.2 Å². The first kappa shape index (κ1) is 99.3. The Bertz CT molecular complexity index is 3920. The highest BCUT2D eigenvalue weighted by molar-refractivity contribution is 6.01. The van der Waals surface area contributed by atoms with E-state index in [1.54, 1.807) is 27.7 Å². The van der Waals surface area contributed by atoms with Gasteiger partial charge in [0.2, 0.25) is 88.6 Å². The Balaban J connectivity index is 1.96. The van der Waals surface area contributed by atoms with Crippen molar-refractivity contribution >= 4 is 106 Å². The maximum absolute atomic E-state index is 14.8. The minimum atomic E-state index is -1.93. The predicted molar refractivity (Wildman–Crippen MR) is 429 cm³/mol. The molecule has 118 heavy (non-hydrogen) atoms. The smallest absolute Gasteiger partial charge is 0.245 e. The molecule has 13 atom stereocenters. The number of primary amides is 3. The van der Waals surface area contributed by atoms with Gasteiger partial charge >= 0.3 is 0 Å². The van der Waals surface area contributed by atoms with Gasteiger partial charge in [-0.3, -0.25) is 88.1 Å². The van der Waals surface area contributed by atoms with E-state index in [1.807, 2.05) is 0 Å². The molecular weight excluding hydrogens is 1540 g/mol. The van der Waals surface area contributed by atoms with Gasteiger partial charge in [-0.15, -0.1) is 0 Å². The second-order valence-electron chi connectivity index (χ2n) is 29.6. The van der Waals surface area contributed by atoms with Crippen molar-refractivity contribution in [2.45, 2.75) is 224 Å². The van der Waals surface area contributed by atoms with Gasteiger partial charge in [0.1, 0.15) is 84.0 Å². The van der Waals surface area contributed by atoms with Crippen LogP contribution in [0.15, 0.2) is 61.1 Å². The SMILES string of the molecule is CC(=O)N[C@@H](CCCNC(=N)N)C(=O)N[C@@H](Cc1c[nH]cn1)C(=O)N[C@@H](Cc1ccc(O)cc1)C(=O)N[C@@H](CC(C)C)C(=O)N[C@@H](CC(N)=O)C(=O)N[C@@H](CC(C)C)C(=O)N[C@H](C(=O)N[C@H](C(=O)N[C@@H](CCCNC(=N)N)C(=O)N[C@@H](CCC(N)=O)C(=O)N[C@@H](CCCNC(=N)N)C(=O)N[C@@H](Cc1ccc(O)cc1)C(N)=O)[C@@H](C)O)C(C)C. The molecule has 44 heteroatoms. The van der Waals surface area contributed by atoms with Crippen LogP contribution in [-0.2, 0) is 91.2 Å². The number of rotatable bonds is 53. The van der Waals surface area contributed by atoms with Gasteiger partial charge < -0.3 is 134 Å². The standard InChI is InChI=1S/C74H118N26O18/c1-36(2)28-51(94-66(113)53(31-42-17-21-45(104)22-18-42)96-67(114)54(32-43-34-84-35-88-43)97-61(108)46(89-40(8)102)12-9-25-85-72(78)79)65(112)98-55(33-57(76)106)68(115)95-52(29-37(3)4)69(116)99-58(38(5)6)70(117)100-59(39(7)101)71(118)92-48(14-11-27-87-74(82)83)62(109)91-49(23-24-56(75)105)64(111)90-47(13-10-26-86-73(80)81)63(110)93-50(60(77)107)30-41-15-19-44(103)20-16-41/h15-22,34-39,46-55,58-59,101,103-104H,9-14,23-33H2,1-8H3,(H2,75,105)(H2,76,106)(H2,77,107)(H,84,88)(H,89,102)(H,90,111)(H,91,109)(H,92,118)(H,93,110)(H,94,113)(H,95,115)(H,96,114)(H,97,108)(H,98,112)(H,99,116)(H,100,117)(H4,78,79,85)(H4,80,81,86)(H4,82,83,87)/t39-,46+,47+,48+,49+,50+,51+,52+,53+,54+,55+,58+,59+/m1/s1. The molecule has 2 aromatic carbocycles. The fourth-order valence-corrected chi connectivity index (χ4v) is 11.9. The zero-order valence-corrected chi connectivity index (χ0v) is 67.4. The lowest BCUT2D eigenvalue weighted by Crippen LogP contribution is -2.63. The van der Waals surface area contributed by atoms with Crippen molar-refractivity contribution in [3.63, 3.8) is 0 Å². The fourth-order valence-electron chi connectivity index (χ4n) is 11.9. The molecule has 0 aliphatic rings. The molecule has 0 aliphatic carbocycles. The first-order valence-corrected chi connectivity index (χ1v) is 38.4. The number of nitrogens with zero attached hydrogens (tertiary/aromatic N) is 1. The van der Waals surface area contributed by atoms with Gasteiger partial charge in [-0.05, 0) is 118 Å². The number of hydrogen-bond donors (Lipinski definition) is 28. The predicted octanol–water partition coefficient (Wildman–Crippen LogP) is -6.77. The number of carbonyl (C=O) groups excluding carboxylic acids is 15. The van der Waals surface area contributed by atoms with Gasteiger partial charge in [-0.2, -0.15) is 0 Å². The highest BCUT2D eigenvalue weighted by Crippen LogP contribution is 2.18. The molecule has 0 aliphatic heterocycles. The number of nitrogens with two attached hydrogens (primary N) is 6. The Morgan fingerprint density at radius 2 is 0.729 bits per heavy atom. The number of nitrogens with one attached hydrogen (secondary N) is 19. The third kappa shape index (κ3) is 38.0. The van der Waals surface area contributed by atoms with Crippen LogP contribution in [0.2, 0.25) is 0 Å². The van der Waals surface area contributed by atoms with Crippen LogP contribution >= 0.6 is 0 Å². The van der Waals surface area contributed by atoms with Crippen molar-refractivity contribution < 1.29 is 87.2 Å². The van der Waals surface area contributed by atoms with Gasteiger partial charge in [-0.25, -0.2) is 4.98 Å². The van der Waals surface area contributed by atoms with E-state index in [0.717, 1.165) is 6.92 Å². The number of hydrogen-bond acceptors (Lipinski definition) is 22. The number of imidazole rings is 1. The molecule has 1 aromatic heterocycles. The van der Waals surface area contributed by atoms with E-state index in [4.69, 9.17) is 50.6 Å². The van der Waals surface area contributed by atoms with Gasteiger partial charge in [-0.1, -0.05) is 65.8 Å². The van der Waals surface area contributed by atoms with Crippen molar-refractivity contribution in [3.05, 3.63) is 77.9 Å². The molecule has 0 radical (unpaired) electrons. The van der Waals surface area contributed by atoms with Gasteiger partial charge in [0.15, 0.2) is 17.9 Å². The van der Waals surface area contributed by atoms with E-state index < -0.39 is 210 Å². The van der Waals surface area contributed by atoms with Crippen LogP contribution in [0.25, 0.3) is 0 Å². The number of aromatic hydroxyl groups is 2. The van der Waals surface area contributed by atoms with Crippen LogP contribution in [0, 0.1) is 34.0 Å². The first-order valence-electron chi connectivity index (χ1n) is 38.4. The van der Waals surface area contributed by atoms with E-state index in [0.29, 0.717) is 16.8 Å². The summed E-state index contributed by atoms with van der Waals surface area (Å²) in [5, 5.41) is 91.8. The molecule has 3 rings (SSSR count). The average Bonchev–Trinajstić information content (AvgIpc) is 0.905. The Hall–Kier alpha value is -12.9. The summed E-state index contributed by atoms with van der Waals surface area (Å²) in [6, 6.07) is -7.71. The minimum Gasteiger partial charge on any atom is -0.508 e. The average molecular weight is 1660 g/mol. The molecule has 0 bridgehead atoms. The zero-order valence-electron chi connectivity index (χ0n) is 67.4. The second-order valence-corrected chi connectivity index (χ2v) is 29.6. The third-order valence-corrected chi connectivity index (χ3v) is 17.9. The number of aliphatic hydroxyl groups is 1. The Labute approximate surface area is 682 Å². The van der Waals surface area contributed by atoms with Crippen molar-refractivity contribution in [1.82, 2.24) is 89.7 Å². The summed E-state index contributed by atoms with van der Waals surface area (Å²) >= 11 is 0. The lowest BCUT2D eigenvalue weighted by molar-refractivity contribution is -0.138. The summed E-state index contributed by atoms with van der Waals surface area (Å²) in [4.78, 5) is 216. The van der Waals surface area contributed by atoms with E-state index in [1.165, 1.54) is 81.8 Å². The summed E-state index contributed by atoms with van der Waals surface area (Å²) in [6.45, 7) is 12.2.